The third-order valence-corrected chi connectivity index (χ3v) is 4.98. The Morgan fingerprint density at radius 1 is 0.444 bits per heavy atom. The second kappa shape index (κ2) is 4.86. The summed E-state index contributed by atoms with van der Waals surface area (Å²) < 4.78 is 0. The summed E-state index contributed by atoms with van der Waals surface area (Å²) in [6, 6.07) is 0. The first-order valence-electron chi connectivity index (χ1n) is 4.46. The van der Waals surface area contributed by atoms with Crippen molar-refractivity contribution in [1.82, 2.24) is 0 Å². The molecule has 0 saturated heterocycles. The third kappa shape index (κ3) is 1.87. The zero-order valence-corrected chi connectivity index (χ0v) is 13.0. The van der Waals surface area contributed by atoms with Gasteiger partial charge in [0, 0.05) is 10.8 Å². The highest BCUT2D eigenvalue weighted by molar-refractivity contribution is 6.58. The van der Waals surface area contributed by atoms with Crippen molar-refractivity contribution in [3.8, 4) is 0 Å². The van der Waals surface area contributed by atoms with Crippen molar-refractivity contribution < 1.29 is 0 Å². The summed E-state index contributed by atoms with van der Waals surface area (Å²) in [6.07, 6.45) is 0. The highest BCUT2D eigenvalue weighted by Gasteiger charge is 2.23. The molecule has 0 heterocycles. The van der Waals surface area contributed by atoms with Gasteiger partial charge in [0.1, 0.15) is 0 Å². The van der Waals surface area contributed by atoms with E-state index in [1.807, 2.05) is 0 Å². The van der Waals surface area contributed by atoms with Gasteiger partial charge in [-0.1, -0.05) is 69.6 Å². The number of anilines is 2. The van der Waals surface area contributed by atoms with Gasteiger partial charge in [-0.05, 0) is 0 Å². The van der Waals surface area contributed by atoms with Crippen LogP contribution in [0.1, 0.15) is 0 Å². The van der Waals surface area contributed by atoms with Crippen molar-refractivity contribution in [2.45, 2.75) is 0 Å². The standard InChI is InChI=1S/C10H4Cl6N2/c11-3-1-2(6(14)10(18)7(3)15)4(12)8(16)9(17)5(1)13/h17-18H2. The molecule has 0 amide bonds. The zero-order valence-electron chi connectivity index (χ0n) is 8.42. The molecule has 0 fully saturated rings. The highest BCUT2D eigenvalue weighted by Crippen LogP contribution is 2.51. The number of nitrogens with two attached hydrogens (primary N) is 2. The van der Waals surface area contributed by atoms with Crippen LogP contribution in [0.4, 0.5) is 11.4 Å². The second-order valence-corrected chi connectivity index (χ2v) is 5.73. The summed E-state index contributed by atoms with van der Waals surface area (Å²) in [5.74, 6) is 0. The lowest BCUT2D eigenvalue weighted by Gasteiger charge is -2.15. The van der Waals surface area contributed by atoms with E-state index in [0.717, 1.165) is 0 Å². The molecule has 4 N–H and O–H groups in total. The number of benzene rings is 2. The van der Waals surface area contributed by atoms with Crippen LogP contribution in [-0.2, 0) is 0 Å². The molecular weight excluding hydrogens is 361 g/mol. The van der Waals surface area contributed by atoms with Gasteiger partial charge in [-0.3, -0.25) is 0 Å². The number of hydrogen-bond acceptors (Lipinski definition) is 2. The van der Waals surface area contributed by atoms with Crippen LogP contribution < -0.4 is 11.5 Å². The minimum atomic E-state index is 0.0915. The van der Waals surface area contributed by atoms with Gasteiger partial charge in [-0.2, -0.15) is 0 Å². The minimum absolute atomic E-state index is 0.0915. The molecule has 0 unspecified atom stereocenters. The number of fused-ring (bicyclic) bond motifs is 1. The Kier molecular flexibility index (Phi) is 3.90. The Morgan fingerprint density at radius 3 is 1.00 bits per heavy atom. The van der Waals surface area contributed by atoms with Crippen molar-refractivity contribution in [3.63, 3.8) is 0 Å². The molecule has 0 radical (unpaired) electrons. The topological polar surface area (TPSA) is 52.0 Å². The van der Waals surface area contributed by atoms with E-state index in [-0.39, 0.29) is 41.5 Å². The smallest absolute Gasteiger partial charge is 0.0844 e. The molecule has 0 atom stereocenters. The van der Waals surface area contributed by atoms with Crippen LogP contribution in [-0.4, -0.2) is 0 Å². The van der Waals surface area contributed by atoms with Crippen LogP contribution in [0.25, 0.3) is 10.8 Å². The molecule has 96 valence electrons. The van der Waals surface area contributed by atoms with Crippen LogP contribution in [0, 0.1) is 0 Å². The molecule has 0 aromatic heterocycles. The average Bonchev–Trinajstić information content (AvgIpc) is 2.35. The molecular formula is C10H4Cl6N2. The molecule has 0 bridgehead atoms. The molecule has 0 aliphatic heterocycles. The zero-order chi connectivity index (χ0) is 13.8. The fourth-order valence-electron chi connectivity index (χ4n) is 1.55. The monoisotopic (exact) mass is 362 g/mol. The van der Waals surface area contributed by atoms with Gasteiger partial charge in [0.25, 0.3) is 0 Å². The van der Waals surface area contributed by atoms with Crippen LogP contribution in [0.5, 0.6) is 0 Å². The summed E-state index contributed by atoms with van der Waals surface area (Å²) in [5.41, 5.74) is 11.7. The normalized spacial score (nSPS) is 11.2. The SMILES string of the molecule is Nc1c(Cl)c(Cl)c2c(Cl)c(N)c(Cl)c(Cl)c2c1Cl. The molecule has 2 aromatic carbocycles. The van der Waals surface area contributed by atoms with Crippen molar-refractivity contribution in [2.24, 2.45) is 0 Å². The lowest BCUT2D eigenvalue weighted by molar-refractivity contribution is 1.70. The van der Waals surface area contributed by atoms with E-state index in [2.05, 4.69) is 0 Å². The molecule has 2 nitrogen and oxygen atoms in total. The molecule has 0 aliphatic carbocycles. The second-order valence-electron chi connectivity index (χ2n) is 3.46. The largest absolute Gasteiger partial charge is 0.396 e. The molecule has 2 rings (SSSR count). The van der Waals surface area contributed by atoms with Gasteiger partial charge in [-0.25, -0.2) is 0 Å². The third-order valence-electron chi connectivity index (χ3n) is 2.46. The van der Waals surface area contributed by atoms with Gasteiger partial charge >= 0.3 is 0 Å². The maximum atomic E-state index is 6.09. The molecule has 0 spiro atoms. The van der Waals surface area contributed by atoms with Crippen molar-refractivity contribution in [2.75, 3.05) is 11.5 Å². The summed E-state index contributed by atoms with van der Waals surface area (Å²) >= 11 is 36.3. The summed E-state index contributed by atoms with van der Waals surface area (Å²) in [4.78, 5) is 0. The first-order chi connectivity index (χ1) is 8.29. The Morgan fingerprint density at radius 2 is 0.722 bits per heavy atom. The molecule has 2 aromatic rings. The summed E-state index contributed by atoms with van der Waals surface area (Å²) in [5, 5.41) is 1.36. The quantitative estimate of drug-likeness (QED) is 0.450. The molecule has 0 aliphatic rings. The van der Waals surface area contributed by atoms with E-state index in [4.69, 9.17) is 81.1 Å². The summed E-state index contributed by atoms with van der Waals surface area (Å²) in [6.45, 7) is 0. The van der Waals surface area contributed by atoms with E-state index in [0.29, 0.717) is 10.8 Å². The predicted octanol–water partition coefficient (Wildman–Crippen LogP) is 5.92. The molecule has 0 saturated carbocycles. The maximum absolute atomic E-state index is 6.09. The van der Waals surface area contributed by atoms with Gasteiger partial charge in [0.2, 0.25) is 0 Å². The Bertz CT molecular complexity index is 569. The molecule has 8 heteroatoms. The average molecular weight is 365 g/mol. The number of halogens is 6. The van der Waals surface area contributed by atoms with Crippen molar-refractivity contribution >= 4 is 91.8 Å². The predicted molar refractivity (Wildman–Crippen MR) is 82.8 cm³/mol. The van der Waals surface area contributed by atoms with Gasteiger partial charge in [0.15, 0.2) is 0 Å². The van der Waals surface area contributed by atoms with Crippen molar-refractivity contribution in [3.05, 3.63) is 30.1 Å². The van der Waals surface area contributed by atoms with Crippen LogP contribution in [0.2, 0.25) is 30.1 Å². The van der Waals surface area contributed by atoms with E-state index < -0.39 is 0 Å². The fourth-order valence-corrected chi connectivity index (χ4v) is 3.27. The van der Waals surface area contributed by atoms with Gasteiger partial charge < -0.3 is 11.5 Å². The van der Waals surface area contributed by atoms with Crippen LogP contribution in [0.15, 0.2) is 0 Å². The number of hydrogen-bond donors (Lipinski definition) is 2. The number of nitrogen functional groups attached to an aromatic ring is 2. The lowest BCUT2D eigenvalue weighted by Crippen LogP contribution is -1.96. The van der Waals surface area contributed by atoms with E-state index >= 15 is 0 Å². The van der Waals surface area contributed by atoms with Crippen LogP contribution >= 0.6 is 69.6 Å². The summed E-state index contributed by atoms with van der Waals surface area (Å²) in [7, 11) is 0. The van der Waals surface area contributed by atoms with E-state index in [1.165, 1.54) is 0 Å². The lowest BCUT2D eigenvalue weighted by atomic mass is 10.1. The number of rotatable bonds is 0. The Hall–Kier alpha value is 0.0400. The minimum Gasteiger partial charge on any atom is -0.396 e. The van der Waals surface area contributed by atoms with Gasteiger partial charge in [0.05, 0.1) is 41.5 Å². The van der Waals surface area contributed by atoms with E-state index in [9.17, 15) is 0 Å². The first-order valence-corrected chi connectivity index (χ1v) is 6.73. The van der Waals surface area contributed by atoms with Crippen molar-refractivity contribution in [1.29, 1.82) is 0 Å². The van der Waals surface area contributed by atoms with Crippen LogP contribution in [0.3, 0.4) is 0 Å². The molecule has 18 heavy (non-hydrogen) atoms. The fraction of sp³-hybridized carbons (Fsp3) is 0. The van der Waals surface area contributed by atoms with Gasteiger partial charge in [-0.15, -0.1) is 0 Å². The highest BCUT2D eigenvalue weighted by atomic mass is 35.5. The maximum Gasteiger partial charge on any atom is 0.0844 e. The Balaban J connectivity index is 3.22. The Labute approximate surface area is 133 Å². The van der Waals surface area contributed by atoms with E-state index in [1.54, 1.807) is 0 Å². The first kappa shape index (κ1) is 14.4.